The zero-order valence-electron chi connectivity index (χ0n) is 19.4. The van der Waals surface area contributed by atoms with Crippen LogP contribution in [0.4, 0.5) is 17.3 Å². The Labute approximate surface area is 197 Å². The molecule has 0 atom stereocenters. The fraction of sp³-hybridized carbons (Fsp3) is 0.231. The predicted molar refractivity (Wildman–Crippen MR) is 131 cm³/mol. The van der Waals surface area contributed by atoms with Crippen LogP contribution in [0.3, 0.4) is 0 Å². The topological polar surface area (TPSA) is 85.5 Å². The Kier molecular flexibility index (Phi) is 5.49. The largest absolute Gasteiger partial charge is 0.618 e. The number of hydrogen-bond acceptors (Lipinski definition) is 6. The Bertz CT molecular complexity index is 1400. The molecule has 4 aromatic rings. The maximum Gasteiger partial charge on any atom is 0.261 e. The molecule has 8 heteroatoms. The number of carbonyl (C=O) groups is 1. The minimum atomic E-state index is -0.123. The number of aryl methyl sites for hydroxylation is 1. The normalized spacial score (nSPS) is 13.0. The molecule has 1 aliphatic heterocycles. The highest BCUT2D eigenvalue weighted by atomic mass is 16.5. The van der Waals surface area contributed by atoms with Gasteiger partial charge in [-0.05, 0) is 43.7 Å². The number of carbonyl (C=O) groups excluding carboxylic acids is 1. The first-order valence-electron chi connectivity index (χ1n) is 11.2. The van der Waals surface area contributed by atoms with E-state index < -0.39 is 0 Å². The number of amides is 1. The molecule has 0 saturated carbocycles. The lowest BCUT2D eigenvalue weighted by Gasteiger charge is -2.23. The van der Waals surface area contributed by atoms with Crippen LogP contribution in [0.2, 0.25) is 0 Å². The van der Waals surface area contributed by atoms with Crippen molar-refractivity contribution in [1.29, 1.82) is 0 Å². The third kappa shape index (κ3) is 3.67. The number of para-hydroxylation sites is 1. The lowest BCUT2D eigenvalue weighted by molar-refractivity contribution is -0.577. The quantitative estimate of drug-likeness (QED) is 0.335. The van der Waals surface area contributed by atoms with Gasteiger partial charge in [0.2, 0.25) is 5.52 Å². The minimum Gasteiger partial charge on any atom is -0.618 e. The van der Waals surface area contributed by atoms with Gasteiger partial charge < -0.3 is 19.7 Å². The lowest BCUT2D eigenvalue weighted by Crippen LogP contribution is -2.26. The molecule has 0 N–H and O–H groups in total. The Morgan fingerprint density at radius 2 is 1.94 bits per heavy atom. The van der Waals surface area contributed by atoms with Crippen molar-refractivity contribution in [3.05, 3.63) is 83.0 Å². The molecule has 0 saturated heterocycles. The number of ether oxygens (including phenoxy) is 1. The molecule has 1 aromatic carbocycles. The van der Waals surface area contributed by atoms with Crippen LogP contribution in [0.15, 0.2) is 60.9 Å². The molecule has 172 valence electrons. The van der Waals surface area contributed by atoms with Crippen molar-refractivity contribution in [2.24, 2.45) is 0 Å². The van der Waals surface area contributed by atoms with Crippen molar-refractivity contribution >= 4 is 34.1 Å². The van der Waals surface area contributed by atoms with Gasteiger partial charge >= 0.3 is 0 Å². The molecule has 0 spiro atoms. The second-order valence-corrected chi connectivity index (χ2v) is 8.24. The molecule has 34 heavy (non-hydrogen) atoms. The van der Waals surface area contributed by atoms with Crippen LogP contribution in [-0.2, 0) is 6.42 Å². The zero-order valence-corrected chi connectivity index (χ0v) is 19.4. The third-order valence-corrected chi connectivity index (χ3v) is 6.06. The second kappa shape index (κ2) is 8.62. The van der Waals surface area contributed by atoms with Crippen LogP contribution in [0.5, 0.6) is 5.75 Å². The van der Waals surface area contributed by atoms with E-state index in [-0.39, 0.29) is 5.91 Å². The molecule has 0 aliphatic carbocycles. The number of benzene rings is 1. The molecule has 8 nitrogen and oxygen atoms in total. The summed E-state index contributed by atoms with van der Waals surface area (Å²) in [7, 11) is 1.76. The van der Waals surface area contributed by atoms with E-state index in [0.717, 1.165) is 32.9 Å². The van der Waals surface area contributed by atoms with Crippen LogP contribution in [0.25, 0.3) is 10.9 Å². The summed E-state index contributed by atoms with van der Waals surface area (Å²) in [5, 5.41) is 12.8. The van der Waals surface area contributed by atoms with Gasteiger partial charge in [0.05, 0.1) is 23.2 Å². The molecular weight excluding hydrogens is 430 g/mol. The van der Waals surface area contributed by atoms with Gasteiger partial charge in [-0.3, -0.25) is 4.79 Å². The van der Waals surface area contributed by atoms with E-state index in [9.17, 15) is 10.0 Å². The summed E-state index contributed by atoms with van der Waals surface area (Å²) in [5.41, 5.74) is 3.63. The maximum atomic E-state index is 13.3. The number of fused-ring (bicyclic) bond motifs is 3. The molecule has 0 fully saturated rings. The van der Waals surface area contributed by atoms with E-state index in [4.69, 9.17) is 9.72 Å². The minimum absolute atomic E-state index is 0.123. The summed E-state index contributed by atoms with van der Waals surface area (Å²) in [5.74, 6) is 1.86. The van der Waals surface area contributed by atoms with Crippen LogP contribution >= 0.6 is 0 Å². The number of hydrogen-bond donors (Lipinski definition) is 0. The Morgan fingerprint density at radius 3 is 2.76 bits per heavy atom. The molecule has 3 aromatic heterocycles. The molecule has 1 aliphatic rings. The molecule has 0 bridgehead atoms. The van der Waals surface area contributed by atoms with E-state index in [1.807, 2.05) is 55.1 Å². The van der Waals surface area contributed by atoms with Crippen molar-refractivity contribution in [2.45, 2.75) is 20.3 Å². The summed E-state index contributed by atoms with van der Waals surface area (Å²) in [6.07, 6.45) is 3.80. The van der Waals surface area contributed by atoms with E-state index in [1.165, 1.54) is 6.20 Å². The van der Waals surface area contributed by atoms with E-state index in [1.54, 1.807) is 30.3 Å². The van der Waals surface area contributed by atoms with Gasteiger partial charge in [0.1, 0.15) is 11.6 Å². The Morgan fingerprint density at radius 1 is 1.12 bits per heavy atom. The summed E-state index contributed by atoms with van der Waals surface area (Å²) >= 11 is 0. The molecular formula is C26H25N5O3. The lowest BCUT2D eigenvalue weighted by atomic mass is 10.1. The average molecular weight is 456 g/mol. The highest BCUT2D eigenvalue weighted by Gasteiger charge is 2.30. The Hall–Kier alpha value is -4.20. The van der Waals surface area contributed by atoms with Crippen molar-refractivity contribution in [3.63, 3.8) is 0 Å². The van der Waals surface area contributed by atoms with E-state index in [0.29, 0.717) is 42.2 Å². The molecule has 0 radical (unpaired) electrons. The van der Waals surface area contributed by atoms with Crippen molar-refractivity contribution in [2.75, 3.05) is 30.0 Å². The first-order valence-corrected chi connectivity index (χ1v) is 11.2. The van der Waals surface area contributed by atoms with Crippen LogP contribution in [0.1, 0.15) is 28.5 Å². The maximum absolute atomic E-state index is 13.3. The standard InChI is InChI=1S/C26H25N5O3/c1-4-30-24-20(26(32)29(3)22-10-9-17(2)28-25(22)30)15-18(16-27-24)12-14-34-23-11-13-31(33)21-8-6-5-7-19(21)23/h5-11,13,15-16H,4,12,14H2,1-3H3. The van der Waals surface area contributed by atoms with E-state index in [2.05, 4.69) is 4.98 Å². The van der Waals surface area contributed by atoms with Gasteiger partial charge in [0.25, 0.3) is 5.91 Å². The van der Waals surface area contributed by atoms with Gasteiger partial charge in [-0.2, -0.15) is 4.73 Å². The number of anilines is 3. The summed E-state index contributed by atoms with van der Waals surface area (Å²) in [4.78, 5) is 26.3. The number of nitrogens with zero attached hydrogens (tertiary/aromatic N) is 5. The fourth-order valence-corrected chi connectivity index (χ4v) is 4.28. The second-order valence-electron chi connectivity index (χ2n) is 8.24. The monoisotopic (exact) mass is 455 g/mol. The van der Waals surface area contributed by atoms with Gasteiger partial charge in [0.15, 0.2) is 12.0 Å². The van der Waals surface area contributed by atoms with Crippen LogP contribution in [-0.4, -0.2) is 36.1 Å². The SMILES string of the molecule is CCN1c2ncc(CCOc3cc[n+]([O-])c4ccccc34)cc2C(=O)N(C)c2ccc(C)nc21. The van der Waals surface area contributed by atoms with Gasteiger partial charge in [-0.15, -0.1) is 0 Å². The van der Waals surface area contributed by atoms with Crippen molar-refractivity contribution in [3.8, 4) is 5.75 Å². The predicted octanol–water partition coefficient (Wildman–Crippen LogP) is 3.94. The molecule has 5 rings (SSSR count). The van der Waals surface area contributed by atoms with Crippen LogP contribution < -0.4 is 19.3 Å². The smallest absolute Gasteiger partial charge is 0.261 e. The van der Waals surface area contributed by atoms with Gasteiger partial charge in [0, 0.05) is 44.0 Å². The summed E-state index contributed by atoms with van der Waals surface area (Å²) in [6.45, 7) is 4.97. The number of rotatable bonds is 5. The Balaban J connectivity index is 1.42. The highest BCUT2D eigenvalue weighted by Crippen LogP contribution is 2.38. The first kappa shape index (κ1) is 21.6. The fourth-order valence-electron chi connectivity index (χ4n) is 4.28. The van der Waals surface area contributed by atoms with E-state index >= 15 is 0 Å². The zero-order chi connectivity index (χ0) is 23.8. The average Bonchev–Trinajstić information content (AvgIpc) is 2.93. The van der Waals surface area contributed by atoms with Crippen molar-refractivity contribution in [1.82, 2.24) is 9.97 Å². The highest BCUT2D eigenvalue weighted by molar-refractivity contribution is 6.12. The number of pyridine rings is 3. The van der Waals surface area contributed by atoms with Crippen molar-refractivity contribution < 1.29 is 14.3 Å². The molecule has 0 unspecified atom stereocenters. The molecule has 4 heterocycles. The summed E-state index contributed by atoms with van der Waals surface area (Å²) in [6, 6.07) is 14.7. The molecule has 1 amide bonds. The number of aromatic nitrogens is 3. The van der Waals surface area contributed by atoms with Crippen LogP contribution in [0, 0.1) is 12.1 Å². The summed E-state index contributed by atoms with van der Waals surface area (Å²) < 4.78 is 6.83. The van der Waals surface area contributed by atoms with Gasteiger partial charge in [-0.25, -0.2) is 9.97 Å². The third-order valence-electron chi connectivity index (χ3n) is 6.06. The first-order chi connectivity index (χ1) is 16.5. The van der Waals surface area contributed by atoms with Gasteiger partial charge in [-0.1, -0.05) is 12.1 Å².